The maximum atomic E-state index is 12.9. The zero-order chi connectivity index (χ0) is 13.9. The van der Waals surface area contributed by atoms with Crippen LogP contribution in [-0.4, -0.2) is 47.7 Å². The first-order valence-corrected chi connectivity index (χ1v) is 8.43. The Morgan fingerprint density at radius 2 is 1.85 bits per heavy atom. The van der Waals surface area contributed by atoms with E-state index in [1.807, 2.05) is 0 Å². The summed E-state index contributed by atoms with van der Waals surface area (Å²) in [5, 5.41) is 13.0. The first kappa shape index (κ1) is 14.3. The van der Waals surface area contributed by atoms with Crippen LogP contribution >= 0.6 is 0 Å². The molecule has 0 aromatic carbocycles. The molecule has 0 bridgehead atoms. The van der Waals surface area contributed by atoms with E-state index in [1.165, 1.54) is 12.8 Å². The highest BCUT2D eigenvalue weighted by Gasteiger charge is 2.36. The Kier molecular flexibility index (Phi) is 4.61. The van der Waals surface area contributed by atoms with E-state index in [0.29, 0.717) is 11.9 Å². The Morgan fingerprint density at radius 3 is 2.45 bits per heavy atom. The molecule has 3 fully saturated rings. The lowest BCUT2D eigenvalue weighted by Crippen LogP contribution is -2.49. The summed E-state index contributed by atoms with van der Waals surface area (Å²) in [5.74, 6) is 1.32. The number of nitrogens with zero attached hydrogens (tertiary/aromatic N) is 1. The second-order valence-electron chi connectivity index (χ2n) is 6.94. The van der Waals surface area contributed by atoms with Gasteiger partial charge in [0.15, 0.2) is 0 Å². The number of rotatable bonds is 4. The predicted molar refractivity (Wildman–Crippen MR) is 78.3 cm³/mol. The molecule has 2 saturated carbocycles. The molecule has 0 aromatic rings. The highest BCUT2D eigenvalue weighted by molar-refractivity contribution is 5.79. The van der Waals surface area contributed by atoms with E-state index >= 15 is 0 Å². The molecule has 0 unspecified atom stereocenters. The van der Waals surface area contributed by atoms with Crippen LogP contribution < -0.4 is 5.32 Å². The van der Waals surface area contributed by atoms with Gasteiger partial charge in [0.2, 0.25) is 5.91 Å². The first-order chi connectivity index (χ1) is 9.74. The number of hydrogen-bond acceptors (Lipinski definition) is 3. The van der Waals surface area contributed by atoms with E-state index < -0.39 is 0 Å². The van der Waals surface area contributed by atoms with E-state index in [1.54, 1.807) is 0 Å². The normalized spacial score (nSPS) is 34.8. The van der Waals surface area contributed by atoms with Crippen LogP contribution in [0.2, 0.25) is 0 Å². The highest BCUT2D eigenvalue weighted by Crippen LogP contribution is 2.33. The first-order valence-electron chi connectivity index (χ1n) is 8.43. The van der Waals surface area contributed by atoms with Crippen LogP contribution in [0, 0.1) is 11.8 Å². The summed E-state index contributed by atoms with van der Waals surface area (Å²) in [5.41, 5.74) is 0. The fourth-order valence-corrected chi connectivity index (χ4v) is 3.66. The number of carbonyl (C=O) groups is 1. The second-order valence-corrected chi connectivity index (χ2v) is 6.94. The number of hydrogen-bond donors (Lipinski definition) is 2. The minimum atomic E-state index is -0.138. The molecule has 1 aliphatic heterocycles. The summed E-state index contributed by atoms with van der Waals surface area (Å²) in [6, 6.07) is 0.383. The SMILES string of the molecule is O=C([C@H]1CCCNC1)N(CC1CC1)C1CCC(O)CC1. The van der Waals surface area contributed by atoms with Crippen molar-refractivity contribution in [2.24, 2.45) is 11.8 Å². The highest BCUT2D eigenvalue weighted by atomic mass is 16.3. The van der Waals surface area contributed by atoms with Gasteiger partial charge in [0, 0.05) is 19.1 Å². The van der Waals surface area contributed by atoms with E-state index in [0.717, 1.165) is 64.1 Å². The Balaban J connectivity index is 1.63. The van der Waals surface area contributed by atoms with Crippen LogP contribution in [0.5, 0.6) is 0 Å². The largest absolute Gasteiger partial charge is 0.393 e. The molecule has 20 heavy (non-hydrogen) atoms. The number of piperidine rings is 1. The number of aliphatic hydroxyl groups excluding tert-OH is 1. The standard InChI is InChI=1S/C16H28N2O2/c19-15-7-5-14(6-8-15)18(11-12-3-4-12)16(20)13-2-1-9-17-10-13/h12-15,17,19H,1-11H2/t13-,14?,15?/m0/s1. The Morgan fingerprint density at radius 1 is 1.10 bits per heavy atom. The molecule has 1 amide bonds. The van der Waals surface area contributed by atoms with Crippen molar-refractivity contribution in [3.05, 3.63) is 0 Å². The van der Waals surface area contributed by atoms with Crippen molar-refractivity contribution in [1.82, 2.24) is 10.2 Å². The minimum Gasteiger partial charge on any atom is -0.393 e. The van der Waals surface area contributed by atoms with Crippen molar-refractivity contribution in [1.29, 1.82) is 0 Å². The summed E-state index contributed by atoms with van der Waals surface area (Å²) in [6.45, 7) is 2.88. The summed E-state index contributed by atoms with van der Waals surface area (Å²) in [7, 11) is 0. The van der Waals surface area contributed by atoms with Gasteiger partial charge in [-0.1, -0.05) is 0 Å². The second kappa shape index (κ2) is 6.44. The molecule has 0 spiro atoms. The molecule has 2 aliphatic carbocycles. The monoisotopic (exact) mass is 280 g/mol. The topological polar surface area (TPSA) is 52.6 Å². The third-order valence-corrected chi connectivity index (χ3v) is 5.19. The average Bonchev–Trinajstić information content (AvgIpc) is 3.30. The van der Waals surface area contributed by atoms with Crippen molar-refractivity contribution in [2.45, 2.75) is 63.5 Å². The number of carbonyl (C=O) groups excluding carboxylic acids is 1. The van der Waals surface area contributed by atoms with Crippen molar-refractivity contribution in [2.75, 3.05) is 19.6 Å². The van der Waals surface area contributed by atoms with Gasteiger partial charge in [0.1, 0.15) is 0 Å². The fourth-order valence-electron chi connectivity index (χ4n) is 3.66. The fraction of sp³-hybridized carbons (Fsp3) is 0.938. The van der Waals surface area contributed by atoms with Crippen LogP contribution in [0.25, 0.3) is 0 Å². The van der Waals surface area contributed by atoms with E-state index in [4.69, 9.17) is 0 Å². The molecule has 4 heteroatoms. The zero-order valence-corrected chi connectivity index (χ0v) is 12.4. The molecule has 1 heterocycles. The van der Waals surface area contributed by atoms with Crippen LogP contribution in [0.4, 0.5) is 0 Å². The smallest absolute Gasteiger partial charge is 0.227 e. The van der Waals surface area contributed by atoms with Crippen LogP contribution in [0.15, 0.2) is 0 Å². The van der Waals surface area contributed by atoms with Gasteiger partial charge < -0.3 is 15.3 Å². The molecule has 0 aromatic heterocycles. The van der Waals surface area contributed by atoms with Crippen molar-refractivity contribution in [3.63, 3.8) is 0 Å². The molecule has 114 valence electrons. The third kappa shape index (κ3) is 3.53. The summed E-state index contributed by atoms with van der Waals surface area (Å²) in [4.78, 5) is 15.1. The zero-order valence-electron chi connectivity index (χ0n) is 12.4. The molecule has 3 rings (SSSR count). The summed E-state index contributed by atoms with van der Waals surface area (Å²) < 4.78 is 0. The maximum absolute atomic E-state index is 12.9. The van der Waals surface area contributed by atoms with Gasteiger partial charge in [-0.05, 0) is 63.8 Å². The molecule has 1 atom stereocenters. The van der Waals surface area contributed by atoms with Crippen LogP contribution in [0.3, 0.4) is 0 Å². The van der Waals surface area contributed by atoms with Crippen LogP contribution in [-0.2, 0) is 4.79 Å². The number of aliphatic hydroxyl groups is 1. The Labute approximate surface area is 121 Å². The van der Waals surface area contributed by atoms with Crippen molar-refractivity contribution < 1.29 is 9.90 Å². The van der Waals surface area contributed by atoms with Gasteiger partial charge in [0.05, 0.1) is 12.0 Å². The number of amides is 1. The molecule has 0 radical (unpaired) electrons. The van der Waals surface area contributed by atoms with E-state index in [2.05, 4.69) is 10.2 Å². The van der Waals surface area contributed by atoms with Gasteiger partial charge in [-0.3, -0.25) is 4.79 Å². The third-order valence-electron chi connectivity index (χ3n) is 5.19. The lowest BCUT2D eigenvalue weighted by Gasteiger charge is -2.38. The van der Waals surface area contributed by atoms with Crippen LogP contribution in [0.1, 0.15) is 51.4 Å². The molecule has 2 N–H and O–H groups in total. The molecular formula is C16H28N2O2. The van der Waals surface area contributed by atoms with Gasteiger partial charge in [-0.2, -0.15) is 0 Å². The molecule has 1 saturated heterocycles. The molecule has 4 nitrogen and oxygen atoms in total. The Hall–Kier alpha value is -0.610. The molecular weight excluding hydrogens is 252 g/mol. The van der Waals surface area contributed by atoms with E-state index in [-0.39, 0.29) is 12.0 Å². The Bertz CT molecular complexity index is 329. The van der Waals surface area contributed by atoms with E-state index in [9.17, 15) is 9.90 Å². The van der Waals surface area contributed by atoms with Crippen molar-refractivity contribution in [3.8, 4) is 0 Å². The van der Waals surface area contributed by atoms with Gasteiger partial charge in [-0.15, -0.1) is 0 Å². The summed E-state index contributed by atoms with van der Waals surface area (Å²) >= 11 is 0. The predicted octanol–water partition coefficient (Wildman–Crippen LogP) is 1.53. The quantitative estimate of drug-likeness (QED) is 0.821. The average molecular weight is 280 g/mol. The maximum Gasteiger partial charge on any atom is 0.227 e. The minimum absolute atomic E-state index is 0.138. The summed E-state index contributed by atoms with van der Waals surface area (Å²) in [6.07, 6.45) is 8.31. The van der Waals surface area contributed by atoms with Gasteiger partial charge in [-0.25, -0.2) is 0 Å². The lowest BCUT2D eigenvalue weighted by atomic mass is 9.90. The number of nitrogens with one attached hydrogen (secondary N) is 1. The van der Waals surface area contributed by atoms with Gasteiger partial charge >= 0.3 is 0 Å². The van der Waals surface area contributed by atoms with Crippen molar-refractivity contribution >= 4 is 5.91 Å². The lowest BCUT2D eigenvalue weighted by molar-refractivity contribution is -0.140. The van der Waals surface area contributed by atoms with Gasteiger partial charge in [0.25, 0.3) is 0 Å². The molecule has 3 aliphatic rings.